The van der Waals surface area contributed by atoms with Crippen molar-refractivity contribution in [3.63, 3.8) is 0 Å². The summed E-state index contributed by atoms with van der Waals surface area (Å²) in [5, 5.41) is 0.994. The Kier molecular flexibility index (Phi) is 3.49. The first-order valence-corrected chi connectivity index (χ1v) is 6.58. The van der Waals surface area contributed by atoms with Crippen molar-refractivity contribution in [1.82, 2.24) is 19.4 Å². The molecule has 0 spiro atoms. The van der Waals surface area contributed by atoms with Crippen LogP contribution in [0.4, 0.5) is 5.82 Å². The van der Waals surface area contributed by atoms with Gasteiger partial charge in [-0.25, -0.2) is 9.97 Å². The van der Waals surface area contributed by atoms with Gasteiger partial charge in [0.1, 0.15) is 17.3 Å². The average Bonchev–Trinajstić information content (AvgIpc) is 2.54. The third-order valence-electron chi connectivity index (χ3n) is 3.94. The highest BCUT2D eigenvalue weighted by molar-refractivity contribution is 5.91. The van der Waals surface area contributed by atoms with Crippen LogP contribution in [0.1, 0.15) is 24.0 Å². The number of hydrogen-bond acceptors (Lipinski definition) is 4. The maximum atomic E-state index is 6.06. The highest BCUT2D eigenvalue weighted by Crippen LogP contribution is 2.28. The molecular formula is C14H23N5. The molecular weight excluding hydrogens is 238 g/mol. The molecule has 1 atom stereocenters. The van der Waals surface area contributed by atoms with Crippen LogP contribution in [0.15, 0.2) is 0 Å². The lowest BCUT2D eigenvalue weighted by molar-refractivity contribution is 0.284. The zero-order valence-corrected chi connectivity index (χ0v) is 12.7. The van der Waals surface area contributed by atoms with E-state index >= 15 is 0 Å². The predicted octanol–water partition coefficient (Wildman–Crippen LogP) is 1.89. The number of hydrogen-bond donors (Lipinski definition) is 1. The first-order valence-electron chi connectivity index (χ1n) is 6.58. The van der Waals surface area contributed by atoms with Gasteiger partial charge in [0.15, 0.2) is 0 Å². The van der Waals surface area contributed by atoms with Crippen molar-refractivity contribution in [3.8, 4) is 0 Å². The molecule has 0 fully saturated rings. The van der Waals surface area contributed by atoms with Gasteiger partial charge in [0.25, 0.3) is 0 Å². The van der Waals surface area contributed by atoms with Gasteiger partial charge in [-0.15, -0.1) is 0 Å². The van der Waals surface area contributed by atoms with E-state index in [4.69, 9.17) is 5.73 Å². The van der Waals surface area contributed by atoms with E-state index in [1.165, 1.54) is 11.3 Å². The number of aryl methyl sites for hydroxylation is 2. The lowest BCUT2D eigenvalue weighted by atomic mass is 10.2. The van der Waals surface area contributed by atoms with Crippen LogP contribution < -0.4 is 5.73 Å². The standard InChI is InChI=1S/C14H23N5/c1-8(18(5)6)7-19-10(3)9(2)12-13(15)16-11(4)17-14(12)19/h8H,7H2,1-6H3,(H2,15,16,17). The molecule has 19 heavy (non-hydrogen) atoms. The number of anilines is 1. The zero-order chi connectivity index (χ0) is 14.3. The Balaban J connectivity index is 2.64. The summed E-state index contributed by atoms with van der Waals surface area (Å²) in [6.45, 7) is 9.20. The molecule has 2 aromatic rings. The van der Waals surface area contributed by atoms with Gasteiger partial charge < -0.3 is 15.2 Å². The third-order valence-corrected chi connectivity index (χ3v) is 3.94. The number of nitrogens with two attached hydrogens (primary N) is 1. The van der Waals surface area contributed by atoms with Gasteiger partial charge in [-0.3, -0.25) is 0 Å². The van der Waals surface area contributed by atoms with Gasteiger partial charge in [-0.2, -0.15) is 0 Å². The van der Waals surface area contributed by atoms with Crippen LogP contribution in [-0.4, -0.2) is 39.6 Å². The number of aromatic nitrogens is 3. The number of nitrogen functional groups attached to an aromatic ring is 1. The van der Waals surface area contributed by atoms with E-state index in [1.807, 2.05) is 6.92 Å². The first-order chi connectivity index (χ1) is 8.82. The average molecular weight is 261 g/mol. The van der Waals surface area contributed by atoms with Crippen molar-refractivity contribution in [1.29, 1.82) is 0 Å². The summed E-state index contributed by atoms with van der Waals surface area (Å²) in [6.07, 6.45) is 0. The van der Waals surface area contributed by atoms with E-state index in [0.717, 1.165) is 23.4 Å². The SMILES string of the molecule is Cc1nc(N)c2c(C)c(C)n(CC(C)N(C)C)c2n1. The summed E-state index contributed by atoms with van der Waals surface area (Å²) in [5.74, 6) is 1.31. The van der Waals surface area contributed by atoms with Gasteiger partial charge in [0, 0.05) is 18.3 Å². The van der Waals surface area contributed by atoms with E-state index in [-0.39, 0.29) is 0 Å². The van der Waals surface area contributed by atoms with Crippen molar-refractivity contribution in [2.75, 3.05) is 19.8 Å². The van der Waals surface area contributed by atoms with Gasteiger partial charge in [-0.05, 0) is 47.4 Å². The van der Waals surface area contributed by atoms with Crippen LogP contribution >= 0.6 is 0 Å². The summed E-state index contributed by atoms with van der Waals surface area (Å²) in [4.78, 5) is 11.1. The molecule has 1 unspecified atom stereocenters. The van der Waals surface area contributed by atoms with Gasteiger partial charge in [0.2, 0.25) is 0 Å². The van der Waals surface area contributed by atoms with Crippen LogP contribution in [-0.2, 0) is 6.54 Å². The Morgan fingerprint density at radius 2 is 1.84 bits per heavy atom. The van der Waals surface area contributed by atoms with Gasteiger partial charge in [0.05, 0.1) is 5.39 Å². The predicted molar refractivity (Wildman–Crippen MR) is 79.3 cm³/mol. The van der Waals surface area contributed by atoms with E-state index in [1.54, 1.807) is 0 Å². The Bertz CT molecular complexity index is 612. The van der Waals surface area contributed by atoms with E-state index in [9.17, 15) is 0 Å². The smallest absolute Gasteiger partial charge is 0.146 e. The van der Waals surface area contributed by atoms with Crippen molar-refractivity contribution >= 4 is 16.9 Å². The second-order valence-corrected chi connectivity index (χ2v) is 5.49. The number of likely N-dealkylation sites (N-methyl/N-ethyl adjacent to an activating group) is 1. The largest absolute Gasteiger partial charge is 0.383 e. The van der Waals surface area contributed by atoms with Crippen LogP contribution in [0.3, 0.4) is 0 Å². The highest BCUT2D eigenvalue weighted by atomic mass is 15.2. The fourth-order valence-corrected chi connectivity index (χ4v) is 2.33. The van der Waals surface area contributed by atoms with E-state index < -0.39 is 0 Å². The lowest BCUT2D eigenvalue weighted by Gasteiger charge is -2.21. The molecule has 2 rings (SSSR count). The Hall–Kier alpha value is -1.62. The minimum Gasteiger partial charge on any atom is -0.383 e. The number of rotatable bonds is 3. The second kappa shape index (κ2) is 4.81. The van der Waals surface area contributed by atoms with Crippen molar-refractivity contribution in [2.24, 2.45) is 0 Å². The van der Waals surface area contributed by atoms with Crippen LogP contribution in [0, 0.1) is 20.8 Å². The molecule has 5 nitrogen and oxygen atoms in total. The van der Waals surface area contributed by atoms with E-state index in [0.29, 0.717) is 11.9 Å². The molecule has 0 radical (unpaired) electrons. The fraction of sp³-hybridized carbons (Fsp3) is 0.571. The lowest BCUT2D eigenvalue weighted by Crippen LogP contribution is -2.29. The summed E-state index contributed by atoms with van der Waals surface area (Å²) in [7, 11) is 4.18. The molecule has 5 heteroatoms. The molecule has 2 heterocycles. The molecule has 2 aromatic heterocycles. The highest BCUT2D eigenvalue weighted by Gasteiger charge is 2.18. The van der Waals surface area contributed by atoms with Crippen molar-refractivity contribution in [3.05, 3.63) is 17.1 Å². The number of fused-ring (bicyclic) bond motifs is 1. The summed E-state index contributed by atoms with van der Waals surface area (Å²) < 4.78 is 2.25. The molecule has 2 N–H and O–H groups in total. The molecule has 0 amide bonds. The van der Waals surface area contributed by atoms with Gasteiger partial charge >= 0.3 is 0 Å². The zero-order valence-electron chi connectivity index (χ0n) is 12.7. The molecule has 0 aliphatic heterocycles. The quantitative estimate of drug-likeness (QED) is 0.916. The Morgan fingerprint density at radius 3 is 2.42 bits per heavy atom. The van der Waals surface area contributed by atoms with E-state index in [2.05, 4.69) is 54.3 Å². The fourth-order valence-electron chi connectivity index (χ4n) is 2.33. The van der Waals surface area contributed by atoms with Gasteiger partial charge in [-0.1, -0.05) is 0 Å². The summed E-state index contributed by atoms with van der Waals surface area (Å²) in [6, 6.07) is 0.435. The molecule has 0 saturated heterocycles. The monoisotopic (exact) mass is 261 g/mol. The molecule has 0 bridgehead atoms. The maximum Gasteiger partial charge on any atom is 0.146 e. The molecule has 0 aliphatic carbocycles. The summed E-state index contributed by atoms with van der Waals surface area (Å²) >= 11 is 0. The van der Waals surface area contributed by atoms with Crippen LogP contribution in [0.2, 0.25) is 0 Å². The van der Waals surface area contributed by atoms with Crippen molar-refractivity contribution < 1.29 is 0 Å². The molecule has 0 aliphatic rings. The molecule has 104 valence electrons. The van der Waals surface area contributed by atoms with Crippen LogP contribution in [0.25, 0.3) is 11.0 Å². The Morgan fingerprint density at radius 1 is 1.21 bits per heavy atom. The second-order valence-electron chi connectivity index (χ2n) is 5.49. The van der Waals surface area contributed by atoms with Crippen molar-refractivity contribution in [2.45, 2.75) is 40.3 Å². The maximum absolute atomic E-state index is 6.06. The first kappa shape index (κ1) is 13.8. The topological polar surface area (TPSA) is 60.0 Å². The van der Waals surface area contributed by atoms with Crippen LogP contribution in [0.5, 0.6) is 0 Å². The summed E-state index contributed by atoms with van der Waals surface area (Å²) in [5.41, 5.74) is 9.41. The molecule has 0 aromatic carbocycles. The third kappa shape index (κ3) is 2.30. The minimum atomic E-state index is 0.435. The normalized spacial score (nSPS) is 13.4. The number of nitrogens with zero attached hydrogens (tertiary/aromatic N) is 4. The Labute approximate surface area is 114 Å². The molecule has 0 saturated carbocycles. The minimum absolute atomic E-state index is 0.435.